The van der Waals surface area contributed by atoms with Crippen LogP contribution >= 0.6 is 0 Å². The van der Waals surface area contributed by atoms with Crippen LogP contribution in [0.1, 0.15) is 65.7 Å². The molecule has 2 heterocycles. The number of unbranched alkanes of at least 4 members (excludes halogenated alkanes) is 4. The van der Waals surface area contributed by atoms with Gasteiger partial charge in [-0.3, -0.25) is 14.5 Å². The summed E-state index contributed by atoms with van der Waals surface area (Å²) in [7, 11) is 8.96. The van der Waals surface area contributed by atoms with E-state index in [4.69, 9.17) is 9.57 Å². The van der Waals surface area contributed by atoms with Crippen molar-refractivity contribution in [3.8, 4) is 11.8 Å². The lowest BCUT2D eigenvalue weighted by Crippen LogP contribution is -3.00. The Hall–Kier alpha value is -2.45. The molecule has 0 atom stereocenters. The SMILES string of the molecule is C[N+](C)(CC#CCOC1=NOCC1)CCCCCCC[N+](C)(C)CCCN1C(=O)c2cccc3cccc(c23)C1=O.[Br-].[Br-]. The van der Waals surface area contributed by atoms with Gasteiger partial charge in [-0.25, -0.2) is 0 Å². The molecular weight excluding hydrogens is 676 g/mol. The molecule has 2 amide bonds. The second kappa shape index (κ2) is 17.1. The molecule has 2 aromatic carbocycles. The summed E-state index contributed by atoms with van der Waals surface area (Å²) in [5, 5.41) is 5.55. The van der Waals surface area contributed by atoms with Gasteiger partial charge in [0, 0.05) is 29.5 Å². The van der Waals surface area contributed by atoms with Gasteiger partial charge in [-0.05, 0) is 49.1 Å². The highest BCUT2D eigenvalue weighted by atomic mass is 79.9. The minimum atomic E-state index is -0.169. The fourth-order valence-electron chi connectivity index (χ4n) is 5.58. The Morgan fingerprint density at radius 3 is 2.00 bits per heavy atom. The lowest BCUT2D eigenvalue weighted by atomic mass is 9.94. The van der Waals surface area contributed by atoms with E-state index in [1.165, 1.54) is 37.0 Å². The first-order valence-corrected chi connectivity index (χ1v) is 15.0. The summed E-state index contributed by atoms with van der Waals surface area (Å²) in [5.41, 5.74) is 1.27. The van der Waals surface area contributed by atoms with Gasteiger partial charge in [0.25, 0.3) is 11.8 Å². The first-order valence-electron chi connectivity index (χ1n) is 15.0. The van der Waals surface area contributed by atoms with Crippen molar-refractivity contribution in [2.24, 2.45) is 5.16 Å². The number of halogens is 2. The van der Waals surface area contributed by atoms with Crippen LogP contribution < -0.4 is 34.0 Å². The van der Waals surface area contributed by atoms with Crippen LogP contribution in [0.15, 0.2) is 41.6 Å². The number of hydrogen-bond acceptors (Lipinski definition) is 5. The van der Waals surface area contributed by atoms with E-state index in [1.807, 2.05) is 36.4 Å². The maximum atomic E-state index is 13.1. The van der Waals surface area contributed by atoms with E-state index < -0.39 is 0 Å². The molecule has 0 saturated heterocycles. The normalized spacial score (nSPS) is 14.3. The highest BCUT2D eigenvalue weighted by molar-refractivity contribution is 6.25. The number of carbonyl (C=O) groups is 2. The Morgan fingerprint density at radius 1 is 0.814 bits per heavy atom. The van der Waals surface area contributed by atoms with Crippen molar-refractivity contribution in [1.82, 2.24) is 4.90 Å². The number of rotatable bonds is 14. The second-order valence-corrected chi connectivity index (χ2v) is 12.5. The number of oxime groups is 1. The molecule has 10 heteroatoms. The average Bonchev–Trinajstić information content (AvgIpc) is 3.46. The summed E-state index contributed by atoms with van der Waals surface area (Å²) in [6, 6.07) is 11.4. The lowest BCUT2D eigenvalue weighted by Gasteiger charge is -2.32. The highest BCUT2D eigenvalue weighted by Gasteiger charge is 2.32. The van der Waals surface area contributed by atoms with Crippen molar-refractivity contribution in [2.75, 3.05) is 74.1 Å². The molecule has 0 bridgehead atoms. The Labute approximate surface area is 278 Å². The van der Waals surface area contributed by atoms with Gasteiger partial charge in [-0.15, -0.1) is 0 Å². The largest absolute Gasteiger partial charge is 1.00 e. The monoisotopic (exact) mass is 720 g/mol. The fraction of sp³-hybridized carbons (Fsp3) is 0.545. The second-order valence-electron chi connectivity index (χ2n) is 12.5. The number of imide groups is 1. The molecule has 0 N–H and O–H groups in total. The van der Waals surface area contributed by atoms with Crippen LogP contribution in [0.5, 0.6) is 0 Å². The predicted molar refractivity (Wildman–Crippen MR) is 162 cm³/mol. The first kappa shape index (κ1) is 36.7. The van der Waals surface area contributed by atoms with Gasteiger partial charge in [0.1, 0.15) is 13.2 Å². The van der Waals surface area contributed by atoms with Gasteiger partial charge in [-0.1, -0.05) is 41.8 Å². The molecule has 0 saturated carbocycles. The molecule has 2 aliphatic rings. The zero-order valence-corrected chi connectivity index (χ0v) is 29.2. The number of ether oxygens (including phenoxy) is 1. The standard InChI is InChI=1S/C33H46N4O4.2BrH/c1-36(2,23-10-11-25-40-30-19-26-41-34-30)21-8-6-5-7-9-22-37(3,4)24-14-20-35-32(38)28-17-12-15-27-16-13-18-29(31(27)28)33(35)39;;/h12-13,15-18H,5-9,14,19-26H2,1-4H3;2*1H/q+2;;/p-2. The van der Waals surface area contributed by atoms with E-state index in [0.29, 0.717) is 36.8 Å². The zero-order valence-electron chi connectivity index (χ0n) is 26.0. The van der Waals surface area contributed by atoms with Crippen molar-refractivity contribution in [3.63, 3.8) is 0 Å². The van der Waals surface area contributed by atoms with Gasteiger partial charge in [0.05, 0.1) is 54.2 Å². The van der Waals surface area contributed by atoms with Crippen LogP contribution in [0.25, 0.3) is 10.8 Å². The topological polar surface area (TPSA) is 68.2 Å². The third-order valence-electron chi connectivity index (χ3n) is 8.04. The number of amides is 2. The molecule has 8 nitrogen and oxygen atoms in total. The van der Waals surface area contributed by atoms with Gasteiger partial charge in [0.2, 0.25) is 5.90 Å². The van der Waals surface area contributed by atoms with Gasteiger partial charge in [-0.2, -0.15) is 0 Å². The van der Waals surface area contributed by atoms with Crippen molar-refractivity contribution in [1.29, 1.82) is 0 Å². The van der Waals surface area contributed by atoms with E-state index in [9.17, 15) is 9.59 Å². The van der Waals surface area contributed by atoms with E-state index in [1.54, 1.807) is 0 Å². The molecule has 4 rings (SSSR count). The van der Waals surface area contributed by atoms with Crippen LogP contribution in [-0.2, 0) is 9.57 Å². The van der Waals surface area contributed by atoms with Crippen molar-refractivity contribution in [3.05, 3.63) is 47.5 Å². The first-order chi connectivity index (χ1) is 19.7. The van der Waals surface area contributed by atoms with Crippen LogP contribution in [0.3, 0.4) is 0 Å². The maximum Gasteiger partial charge on any atom is 0.261 e. The van der Waals surface area contributed by atoms with E-state index in [0.717, 1.165) is 58.8 Å². The molecule has 0 unspecified atom stereocenters. The zero-order chi connectivity index (χ0) is 29.3. The third-order valence-corrected chi connectivity index (χ3v) is 8.04. The van der Waals surface area contributed by atoms with Crippen molar-refractivity contribution in [2.45, 2.75) is 44.9 Å². The van der Waals surface area contributed by atoms with Gasteiger partial charge >= 0.3 is 0 Å². The van der Waals surface area contributed by atoms with E-state index >= 15 is 0 Å². The average molecular weight is 723 g/mol. The number of carbonyl (C=O) groups excluding carboxylic acids is 2. The quantitative estimate of drug-likeness (QED) is 0.105. The third kappa shape index (κ3) is 10.6. The summed E-state index contributed by atoms with van der Waals surface area (Å²) in [5.74, 6) is 6.63. The molecule has 0 aliphatic carbocycles. The Kier molecular flexibility index (Phi) is 14.6. The van der Waals surface area contributed by atoms with Crippen molar-refractivity contribution >= 4 is 28.5 Å². The summed E-state index contributed by atoms with van der Waals surface area (Å²) in [6.45, 7) is 5.39. The Bertz CT molecular complexity index is 1280. The number of quaternary nitrogens is 2. The number of nitrogens with zero attached hydrogens (tertiary/aromatic N) is 4. The molecular formula is C33H46Br2N4O4. The Balaban J connectivity index is 0.00000323. The molecule has 0 aromatic heterocycles. The number of hydrogen-bond donors (Lipinski definition) is 0. The van der Waals surface area contributed by atoms with Crippen LogP contribution in [0, 0.1) is 11.8 Å². The molecule has 0 fully saturated rings. The molecule has 2 aliphatic heterocycles. The molecule has 0 spiro atoms. The van der Waals surface area contributed by atoms with E-state index in [-0.39, 0.29) is 45.8 Å². The fourth-order valence-corrected chi connectivity index (χ4v) is 5.58. The van der Waals surface area contributed by atoms with E-state index in [2.05, 4.69) is 45.2 Å². The summed E-state index contributed by atoms with van der Waals surface area (Å²) in [4.78, 5) is 32.6. The minimum absolute atomic E-state index is 0. The van der Waals surface area contributed by atoms with Crippen LogP contribution in [-0.4, -0.2) is 106 Å². The van der Waals surface area contributed by atoms with Gasteiger partial charge in [0.15, 0.2) is 6.61 Å². The summed E-state index contributed by atoms with van der Waals surface area (Å²) >= 11 is 0. The lowest BCUT2D eigenvalue weighted by molar-refractivity contribution is -0.890. The molecule has 2 aromatic rings. The maximum absolute atomic E-state index is 13.1. The smallest absolute Gasteiger partial charge is 0.261 e. The summed E-state index contributed by atoms with van der Waals surface area (Å²) in [6.07, 6.45) is 7.62. The van der Waals surface area contributed by atoms with Crippen LogP contribution in [0.2, 0.25) is 0 Å². The van der Waals surface area contributed by atoms with Crippen LogP contribution in [0.4, 0.5) is 0 Å². The predicted octanol–water partition coefficient (Wildman–Crippen LogP) is -1.31. The molecule has 43 heavy (non-hydrogen) atoms. The molecule has 236 valence electrons. The van der Waals surface area contributed by atoms with Gasteiger partial charge < -0.3 is 52.5 Å². The minimum Gasteiger partial charge on any atom is -1.00 e. The van der Waals surface area contributed by atoms with Crippen molar-refractivity contribution < 1.29 is 62.1 Å². The highest BCUT2D eigenvalue weighted by Crippen LogP contribution is 2.30. The Morgan fingerprint density at radius 2 is 1.40 bits per heavy atom. The number of benzene rings is 2. The molecule has 0 radical (unpaired) electrons. The summed E-state index contributed by atoms with van der Waals surface area (Å²) < 4.78 is 7.26.